The zero-order chi connectivity index (χ0) is 25.9. The van der Waals surface area contributed by atoms with Gasteiger partial charge in [-0.3, -0.25) is 4.79 Å². The summed E-state index contributed by atoms with van der Waals surface area (Å²) in [4.78, 5) is 28.9. The Morgan fingerprint density at radius 1 is 0.917 bits per heavy atom. The van der Waals surface area contributed by atoms with Crippen molar-refractivity contribution in [3.63, 3.8) is 0 Å². The Kier molecular flexibility index (Phi) is 6.87. The van der Waals surface area contributed by atoms with Crippen LogP contribution in [0.15, 0.2) is 77.3 Å². The first-order chi connectivity index (χ1) is 17.1. The summed E-state index contributed by atoms with van der Waals surface area (Å²) in [7, 11) is 0. The first-order valence-electron chi connectivity index (χ1n) is 11.5. The lowest BCUT2D eigenvalue weighted by Crippen LogP contribution is -2.42. The quantitative estimate of drug-likeness (QED) is 0.342. The van der Waals surface area contributed by atoms with Gasteiger partial charge in [-0.15, -0.1) is 0 Å². The molecule has 0 fully saturated rings. The zero-order valence-corrected chi connectivity index (χ0v) is 20.2. The normalized spacial score (nSPS) is 12.2. The molecule has 8 heteroatoms. The van der Waals surface area contributed by atoms with Gasteiger partial charge in [-0.05, 0) is 52.9 Å². The molecule has 0 saturated carbocycles. The summed E-state index contributed by atoms with van der Waals surface area (Å²) < 4.78 is 5.31. The number of nitrogens with zero attached hydrogens (tertiary/aromatic N) is 2. The SMILES string of the molecule is CC(C)(C)c1ccc(C(=O)NC(Cc2ccc(-c3noc(-c4ccc(O)cc4)n3)cc2)C(=O)O)cc1. The van der Waals surface area contributed by atoms with E-state index in [2.05, 4.69) is 36.2 Å². The van der Waals surface area contributed by atoms with E-state index in [-0.39, 0.29) is 17.6 Å². The molecule has 0 aliphatic heterocycles. The third-order valence-electron chi connectivity index (χ3n) is 5.81. The minimum atomic E-state index is -1.12. The van der Waals surface area contributed by atoms with Crippen LogP contribution in [0.3, 0.4) is 0 Å². The van der Waals surface area contributed by atoms with Crippen LogP contribution in [0.1, 0.15) is 42.3 Å². The van der Waals surface area contributed by atoms with Crippen LogP contribution in [-0.2, 0) is 16.6 Å². The standard InChI is InChI=1S/C28H27N3O5/c1-28(2,3)21-12-8-19(9-13-21)25(33)29-23(27(34)35)16-17-4-6-18(7-5-17)24-30-26(36-31-24)20-10-14-22(32)15-11-20/h4-15,23,32H,16H2,1-3H3,(H,29,33)(H,34,35). The third-order valence-corrected chi connectivity index (χ3v) is 5.81. The second-order valence-corrected chi connectivity index (χ2v) is 9.56. The number of nitrogens with one attached hydrogen (secondary N) is 1. The minimum absolute atomic E-state index is 0.0423. The molecule has 36 heavy (non-hydrogen) atoms. The number of hydrogen-bond donors (Lipinski definition) is 3. The van der Waals surface area contributed by atoms with Gasteiger partial charge in [-0.1, -0.05) is 62.3 Å². The molecule has 4 rings (SSSR count). The molecule has 3 aromatic carbocycles. The zero-order valence-electron chi connectivity index (χ0n) is 20.2. The average molecular weight is 486 g/mol. The summed E-state index contributed by atoms with van der Waals surface area (Å²) in [6, 6.07) is 19.6. The fourth-order valence-corrected chi connectivity index (χ4v) is 3.65. The van der Waals surface area contributed by atoms with Crippen LogP contribution in [0.25, 0.3) is 22.8 Å². The molecule has 184 valence electrons. The van der Waals surface area contributed by atoms with Crippen molar-refractivity contribution in [1.29, 1.82) is 0 Å². The van der Waals surface area contributed by atoms with E-state index in [0.717, 1.165) is 11.1 Å². The smallest absolute Gasteiger partial charge is 0.326 e. The number of aromatic nitrogens is 2. The van der Waals surface area contributed by atoms with E-state index in [9.17, 15) is 19.8 Å². The molecule has 0 spiro atoms. The van der Waals surface area contributed by atoms with E-state index < -0.39 is 17.9 Å². The molecule has 3 N–H and O–H groups in total. The Bertz CT molecular complexity index is 1350. The molecule has 0 radical (unpaired) electrons. The number of benzene rings is 3. The highest BCUT2D eigenvalue weighted by Crippen LogP contribution is 2.25. The van der Waals surface area contributed by atoms with Gasteiger partial charge in [0.05, 0.1) is 0 Å². The number of hydrogen-bond acceptors (Lipinski definition) is 6. The summed E-state index contributed by atoms with van der Waals surface area (Å²) in [5.41, 5.74) is 3.56. The summed E-state index contributed by atoms with van der Waals surface area (Å²) in [6.45, 7) is 6.25. The Morgan fingerprint density at radius 2 is 1.53 bits per heavy atom. The van der Waals surface area contributed by atoms with E-state index in [1.54, 1.807) is 48.5 Å². The maximum Gasteiger partial charge on any atom is 0.326 e. The van der Waals surface area contributed by atoms with Crippen molar-refractivity contribution < 1.29 is 24.3 Å². The van der Waals surface area contributed by atoms with Crippen LogP contribution in [0.5, 0.6) is 5.75 Å². The van der Waals surface area contributed by atoms with Crippen molar-refractivity contribution in [3.8, 4) is 28.6 Å². The average Bonchev–Trinajstić information content (AvgIpc) is 3.34. The molecule has 1 heterocycles. The van der Waals surface area contributed by atoms with Crippen molar-refractivity contribution in [2.45, 2.75) is 38.6 Å². The molecular formula is C28H27N3O5. The molecule has 4 aromatic rings. The Balaban J connectivity index is 1.43. The van der Waals surface area contributed by atoms with Crippen LogP contribution in [0.2, 0.25) is 0 Å². The van der Waals surface area contributed by atoms with Crippen LogP contribution >= 0.6 is 0 Å². The van der Waals surface area contributed by atoms with E-state index in [4.69, 9.17) is 4.52 Å². The molecule has 8 nitrogen and oxygen atoms in total. The molecule has 1 unspecified atom stereocenters. The maximum atomic E-state index is 12.7. The molecule has 1 amide bonds. The lowest BCUT2D eigenvalue weighted by molar-refractivity contribution is -0.139. The van der Waals surface area contributed by atoms with Crippen LogP contribution in [-0.4, -0.2) is 38.3 Å². The van der Waals surface area contributed by atoms with Gasteiger partial charge < -0.3 is 20.1 Å². The Hall–Kier alpha value is -4.46. The van der Waals surface area contributed by atoms with Gasteiger partial charge in [-0.25, -0.2) is 4.79 Å². The van der Waals surface area contributed by atoms with Crippen LogP contribution < -0.4 is 5.32 Å². The van der Waals surface area contributed by atoms with Gasteiger partial charge in [0.15, 0.2) is 0 Å². The van der Waals surface area contributed by atoms with Crippen molar-refractivity contribution in [3.05, 3.63) is 89.5 Å². The van der Waals surface area contributed by atoms with E-state index in [0.29, 0.717) is 28.4 Å². The predicted octanol–water partition coefficient (Wildman–Crippen LogP) is 4.83. The number of carboxylic acids is 1. The third kappa shape index (κ3) is 5.78. The number of amides is 1. The molecule has 1 atom stereocenters. The first kappa shape index (κ1) is 24.7. The fourth-order valence-electron chi connectivity index (χ4n) is 3.65. The lowest BCUT2D eigenvalue weighted by atomic mass is 9.86. The van der Waals surface area contributed by atoms with Crippen molar-refractivity contribution in [2.75, 3.05) is 0 Å². The summed E-state index contributed by atoms with van der Waals surface area (Å²) in [5, 5.41) is 25.7. The van der Waals surface area contributed by atoms with Crippen molar-refractivity contribution >= 4 is 11.9 Å². The molecule has 0 aliphatic rings. The van der Waals surface area contributed by atoms with E-state index in [1.165, 1.54) is 12.1 Å². The van der Waals surface area contributed by atoms with Gasteiger partial charge in [-0.2, -0.15) is 4.98 Å². The Morgan fingerprint density at radius 3 is 2.11 bits per heavy atom. The van der Waals surface area contributed by atoms with E-state index >= 15 is 0 Å². The van der Waals surface area contributed by atoms with Gasteiger partial charge in [0.2, 0.25) is 5.82 Å². The molecule has 0 aliphatic carbocycles. The monoisotopic (exact) mass is 485 g/mol. The van der Waals surface area contributed by atoms with Gasteiger partial charge in [0.1, 0.15) is 11.8 Å². The van der Waals surface area contributed by atoms with Gasteiger partial charge in [0, 0.05) is 23.1 Å². The van der Waals surface area contributed by atoms with Crippen LogP contribution in [0, 0.1) is 0 Å². The highest BCUT2D eigenvalue weighted by atomic mass is 16.5. The van der Waals surface area contributed by atoms with Gasteiger partial charge in [0.25, 0.3) is 11.8 Å². The lowest BCUT2D eigenvalue weighted by Gasteiger charge is -2.19. The first-order valence-corrected chi connectivity index (χ1v) is 11.5. The number of aliphatic carboxylic acids is 1. The maximum absolute atomic E-state index is 12.7. The number of rotatable bonds is 7. The summed E-state index contributed by atoms with van der Waals surface area (Å²) >= 11 is 0. The fraction of sp³-hybridized carbons (Fsp3) is 0.214. The summed E-state index contributed by atoms with van der Waals surface area (Å²) in [5.74, 6) is -0.712. The van der Waals surface area contributed by atoms with E-state index in [1.807, 2.05) is 12.1 Å². The molecular weight excluding hydrogens is 458 g/mol. The second kappa shape index (κ2) is 10.0. The molecule has 0 saturated heterocycles. The molecule has 1 aromatic heterocycles. The van der Waals surface area contributed by atoms with Crippen LogP contribution in [0.4, 0.5) is 0 Å². The largest absolute Gasteiger partial charge is 0.508 e. The number of phenols is 1. The van der Waals surface area contributed by atoms with Crippen molar-refractivity contribution in [2.24, 2.45) is 0 Å². The number of carbonyl (C=O) groups is 2. The number of carbonyl (C=O) groups excluding carboxylic acids is 1. The number of phenolic OH excluding ortho intramolecular Hbond substituents is 1. The van der Waals surface area contributed by atoms with Crippen molar-refractivity contribution in [1.82, 2.24) is 15.5 Å². The Labute approximate surface area is 208 Å². The number of aromatic hydroxyl groups is 1. The predicted molar refractivity (Wildman–Crippen MR) is 135 cm³/mol. The topological polar surface area (TPSA) is 126 Å². The van der Waals surface area contributed by atoms with Gasteiger partial charge >= 0.3 is 5.97 Å². The second-order valence-electron chi connectivity index (χ2n) is 9.56. The number of carboxylic acid groups (broad SMARTS) is 1. The summed E-state index contributed by atoms with van der Waals surface area (Å²) in [6.07, 6.45) is 0.117. The highest BCUT2D eigenvalue weighted by Gasteiger charge is 2.22. The molecule has 0 bridgehead atoms. The minimum Gasteiger partial charge on any atom is -0.508 e. The highest BCUT2D eigenvalue weighted by molar-refractivity contribution is 5.96.